The van der Waals surface area contributed by atoms with Crippen LogP contribution in [0.4, 0.5) is 0 Å². The van der Waals surface area contributed by atoms with E-state index in [2.05, 4.69) is 46.6 Å². The molecule has 0 N–H and O–H groups in total. The van der Waals surface area contributed by atoms with Crippen molar-refractivity contribution in [1.29, 1.82) is 0 Å². The van der Waals surface area contributed by atoms with Gasteiger partial charge in [-0.1, -0.05) is 13.8 Å². The Labute approximate surface area is 79.8 Å². The number of hydrogen-bond donors (Lipinski definition) is 0. The Hall–Kier alpha value is 0.394. The number of rotatable bonds is 4. The maximum absolute atomic E-state index is 6.21. The first-order valence-corrected chi connectivity index (χ1v) is 11.3. The van der Waals surface area contributed by atoms with Gasteiger partial charge in [0, 0.05) is 0 Å². The summed E-state index contributed by atoms with van der Waals surface area (Å²) >= 11 is 0. The average Bonchev–Trinajstić information content (AvgIpc) is 1.48. The molecule has 0 aliphatic rings. The van der Waals surface area contributed by atoms with Crippen LogP contribution in [0.1, 0.15) is 13.8 Å². The minimum Gasteiger partial charge on any atom is -0.456 e. The van der Waals surface area contributed by atoms with Crippen molar-refractivity contribution in [2.75, 3.05) is 0 Å². The molecule has 0 unspecified atom stereocenters. The molecule has 0 fully saturated rings. The predicted octanol–water partition coefficient (Wildman–Crippen LogP) is 3.70. The molecule has 0 aromatic rings. The topological polar surface area (TPSA) is 9.23 Å². The predicted molar refractivity (Wildman–Crippen MR) is 61.6 cm³/mol. The molecule has 0 radical (unpaired) electrons. The fraction of sp³-hybridized carbons (Fsp3) is 1.00. The van der Waals surface area contributed by atoms with Crippen LogP contribution >= 0.6 is 0 Å². The van der Waals surface area contributed by atoms with E-state index in [4.69, 9.17) is 4.12 Å². The first kappa shape index (κ1) is 12.4. The van der Waals surface area contributed by atoms with Crippen molar-refractivity contribution in [3.63, 3.8) is 0 Å². The lowest BCUT2D eigenvalue weighted by Crippen LogP contribution is -2.42. The molecule has 0 saturated carbocycles. The van der Waals surface area contributed by atoms with Gasteiger partial charge in [-0.2, -0.15) is 0 Å². The van der Waals surface area contributed by atoms with Crippen molar-refractivity contribution in [3.05, 3.63) is 0 Å². The molecule has 12 heavy (non-hydrogen) atoms. The number of hydrogen-bond acceptors (Lipinski definition) is 1. The molecule has 1 nitrogen and oxygen atoms in total. The SMILES string of the molecule is CC(C)C[Si](C)(C)O[Si](C)(C)C. The maximum Gasteiger partial charge on any atom is 0.173 e. The average molecular weight is 204 g/mol. The van der Waals surface area contributed by atoms with Crippen molar-refractivity contribution < 1.29 is 4.12 Å². The molecule has 0 aromatic carbocycles. The second-order valence-corrected chi connectivity index (χ2v) is 14.5. The van der Waals surface area contributed by atoms with E-state index in [1.54, 1.807) is 0 Å². The van der Waals surface area contributed by atoms with Crippen molar-refractivity contribution in [2.45, 2.75) is 52.6 Å². The van der Waals surface area contributed by atoms with Crippen molar-refractivity contribution in [2.24, 2.45) is 5.92 Å². The molecule has 74 valence electrons. The molecular weight excluding hydrogens is 180 g/mol. The van der Waals surface area contributed by atoms with Gasteiger partial charge in [0.05, 0.1) is 0 Å². The molecule has 0 rings (SSSR count). The molecule has 0 amide bonds. The van der Waals surface area contributed by atoms with Crippen LogP contribution in [0.5, 0.6) is 0 Å². The van der Waals surface area contributed by atoms with E-state index < -0.39 is 16.6 Å². The standard InChI is InChI=1S/C9H24OSi2/c1-9(2)8-12(6,7)10-11(3,4)5/h9H,8H2,1-7H3. The van der Waals surface area contributed by atoms with Crippen LogP contribution in [-0.4, -0.2) is 16.6 Å². The lowest BCUT2D eigenvalue weighted by molar-refractivity contribution is 0.528. The van der Waals surface area contributed by atoms with Crippen LogP contribution in [0.3, 0.4) is 0 Å². The summed E-state index contributed by atoms with van der Waals surface area (Å²) in [6.45, 7) is 16.1. The normalized spacial score (nSPS) is 14.0. The van der Waals surface area contributed by atoms with Gasteiger partial charge in [0.25, 0.3) is 0 Å². The first-order valence-electron chi connectivity index (χ1n) is 4.82. The van der Waals surface area contributed by atoms with Crippen LogP contribution < -0.4 is 0 Å². The lowest BCUT2D eigenvalue weighted by Gasteiger charge is -2.32. The van der Waals surface area contributed by atoms with E-state index in [1.165, 1.54) is 6.04 Å². The fourth-order valence-corrected chi connectivity index (χ4v) is 10.8. The van der Waals surface area contributed by atoms with Crippen molar-refractivity contribution >= 4 is 16.6 Å². The largest absolute Gasteiger partial charge is 0.456 e. The summed E-state index contributed by atoms with van der Waals surface area (Å²) in [6.07, 6.45) is 0. The van der Waals surface area contributed by atoms with Gasteiger partial charge >= 0.3 is 0 Å². The fourth-order valence-electron chi connectivity index (χ4n) is 1.85. The van der Waals surface area contributed by atoms with E-state index in [9.17, 15) is 0 Å². The summed E-state index contributed by atoms with van der Waals surface area (Å²) in [5.74, 6) is 0.781. The van der Waals surface area contributed by atoms with Gasteiger partial charge in [0.2, 0.25) is 0 Å². The first-order chi connectivity index (χ1) is 5.12. The van der Waals surface area contributed by atoms with Crippen LogP contribution in [0.25, 0.3) is 0 Å². The third-order valence-electron chi connectivity index (χ3n) is 1.48. The summed E-state index contributed by atoms with van der Waals surface area (Å²) in [4.78, 5) is 0. The highest BCUT2D eigenvalue weighted by atomic mass is 28.4. The Kier molecular flexibility index (Phi) is 4.20. The lowest BCUT2D eigenvalue weighted by atomic mass is 10.3. The highest BCUT2D eigenvalue weighted by Crippen LogP contribution is 2.21. The Morgan fingerprint density at radius 1 is 1.00 bits per heavy atom. The van der Waals surface area contributed by atoms with Crippen molar-refractivity contribution in [3.8, 4) is 0 Å². The van der Waals surface area contributed by atoms with Gasteiger partial charge in [-0.15, -0.1) is 0 Å². The van der Waals surface area contributed by atoms with Gasteiger partial charge in [-0.05, 0) is 44.7 Å². The summed E-state index contributed by atoms with van der Waals surface area (Å²) in [5, 5.41) is 0. The summed E-state index contributed by atoms with van der Waals surface area (Å²) < 4.78 is 6.21. The van der Waals surface area contributed by atoms with Gasteiger partial charge in [-0.25, -0.2) is 0 Å². The third kappa shape index (κ3) is 7.07. The Morgan fingerprint density at radius 2 is 1.42 bits per heavy atom. The molecule has 0 saturated heterocycles. The molecule has 3 heteroatoms. The molecule has 0 atom stereocenters. The van der Waals surface area contributed by atoms with Crippen LogP contribution in [0, 0.1) is 5.92 Å². The van der Waals surface area contributed by atoms with E-state index in [-0.39, 0.29) is 0 Å². The minimum absolute atomic E-state index is 0.781. The third-order valence-corrected chi connectivity index (χ3v) is 7.94. The zero-order chi connectivity index (χ0) is 9.99. The van der Waals surface area contributed by atoms with Gasteiger partial charge in [-0.3, -0.25) is 0 Å². The van der Waals surface area contributed by atoms with Gasteiger partial charge in [0.15, 0.2) is 16.6 Å². The Bertz CT molecular complexity index is 136. The minimum atomic E-state index is -1.34. The molecule has 0 heterocycles. The van der Waals surface area contributed by atoms with Crippen LogP contribution in [0.15, 0.2) is 0 Å². The highest BCUT2D eigenvalue weighted by Gasteiger charge is 2.29. The van der Waals surface area contributed by atoms with Crippen LogP contribution in [-0.2, 0) is 4.12 Å². The highest BCUT2D eigenvalue weighted by molar-refractivity contribution is 6.84. The second-order valence-electron chi connectivity index (χ2n) is 5.57. The molecule has 0 bridgehead atoms. The summed E-state index contributed by atoms with van der Waals surface area (Å²) in [5.41, 5.74) is 0. The molecule has 0 aliphatic heterocycles. The molecule has 0 spiro atoms. The smallest absolute Gasteiger partial charge is 0.173 e. The molecular formula is C9H24OSi2. The zero-order valence-electron chi connectivity index (χ0n) is 9.69. The Balaban J connectivity index is 4.04. The summed E-state index contributed by atoms with van der Waals surface area (Å²) in [7, 11) is -2.64. The Morgan fingerprint density at radius 3 is 1.67 bits per heavy atom. The quantitative estimate of drug-likeness (QED) is 0.635. The van der Waals surface area contributed by atoms with Gasteiger partial charge < -0.3 is 4.12 Å². The molecule has 0 aromatic heterocycles. The second kappa shape index (κ2) is 4.07. The monoisotopic (exact) mass is 204 g/mol. The van der Waals surface area contributed by atoms with E-state index in [1.807, 2.05) is 0 Å². The molecule has 0 aliphatic carbocycles. The van der Waals surface area contributed by atoms with E-state index >= 15 is 0 Å². The zero-order valence-corrected chi connectivity index (χ0v) is 11.7. The van der Waals surface area contributed by atoms with E-state index in [0.29, 0.717) is 0 Å². The summed E-state index contributed by atoms with van der Waals surface area (Å²) in [6, 6.07) is 1.29. The van der Waals surface area contributed by atoms with Crippen molar-refractivity contribution in [1.82, 2.24) is 0 Å². The van der Waals surface area contributed by atoms with E-state index in [0.717, 1.165) is 5.92 Å². The van der Waals surface area contributed by atoms with Gasteiger partial charge in [0.1, 0.15) is 0 Å². The van der Waals surface area contributed by atoms with Crippen LogP contribution in [0.2, 0.25) is 38.8 Å². The maximum atomic E-state index is 6.21.